The number of nitrogens with zero attached hydrogens (tertiary/aromatic N) is 2. The van der Waals surface area contributed by atoms with Crippen LogP contribution in [-0.2, 0) is 29.1 Å². The molecule has 2 amide bonds. The van der Waals surface area contributed by atoms with Crippen LogP contribution < -0.4 is 0 Å². The van der Waals surface area contributed by atoms with Crippen molar-refractivity contribution in [3.8, 4) is 0 Å². The summed E-state index contributed by atoms with van der Waals surface area (Å²) >= 11 is 0. The summed E-state index contributed by atoms with van der Waals surface area (Å²) in [6, 6.07) is 11.3. The van der Waals surface area contributed by atoms with E-state index in [0.29, 0.717) is 25.3 Å². The molecule has 1 atom stereocenters. The van der Waals surface area contributed by atoms with Crippen molar-refractivity contribution in [1.82, 2.24) is 14.8 Å². The molecule has 0 aliphatic carbocycles. The molecule has 0 saturated carbocycles. The third-order valence-electron chi connectivity index (χ3n) is 5.17. The van der Waals surface area contributed by atoms with Crippen LogP contribution in [0.25, 0.3) is 10.9 Å². The monoisotopic (exact) mass is 335 g/mol. The molecule has 1 N–H and O–H groups in total. The summed E-state index contributed by atoms with van der Waals surface area (Å²) in [5.74, 6) is 0.672. The average molecular weight is 335 g/mol. The molecule has 5 rings (SSSR count). The van der Waals surface area contributed by atoms with E-state index in [1.807, 2.05) is 24.3 Å². The Morgan fingerprint density at radius 2 is 2.00 bits per heavy atom. The molecule has 1 saturated heterocycles. The maximum Gasteiger partial charge on any atom is 0.246 e. The zero-order valence-electron chi connectivity index (χ0n) is 13.6. The Labute approximate surface area is 144 Å². The predicted octanol–water partition coefficient (Wildman–Crippen LogP) is 2.06. The highest BCUT2D eigenvalue weighted by molar-refractivity contribution is 5.96. The number of hydrogen-bond donors (Lipinski definition) is 1. The number of carbonyl (C=O) groups is 2. The van der Waals surface area contributed by atoms with Gasteiger partial charge in [0, 0.05) is 23.0 Å². The van der Waals surface area contributed by atoms with E-state index in [4.69, 9.17) is 4.42 Å². The van der Waals surface area contributed by atoms with Gasteiger partial charge in [-0.1, -0.05) is 18.2 Å². The van der Waals surface area contributed by atoms with Gasteiger partial charge in [-0.2, -0.15) is 0 Å². The van der Waals surface area contributed by atoms with Crippen molar-refractivity contribution in [2.75, 3.05) is 6.54 Å². The number of carbonyl (C=O) groups excluding carboxylic acids is 2. The third kappa shape index (κ3) is 2.17. The first-order valence-electron chi connectivity index (χ1n) is 8.40. The zero-order valence-corrected chi connectivity index (χ0v) is 13.6. The van der Waals surface area contributed by atoms with Gasteiger partial charge in [-0.05, 0) is 23.8 Å². The molecule has 6 nitrogen and oxygen atoms in total. The molecule has 6 heteroatoms. The second-order valence-corrected chi connectivity index (χ2v) is 6.64. The van der Waals surface area contributed by atoms with Gasteiger partial charge in [-0.15, -0.1) is 0 Å². The molecule has 1 aromatic carbocycles. The summed E-state index contributed by atoms with van der Waals surface area (Å²) in [5, 5.41) is 1.14. The Morgan fingerprint density at radius 1 is 1.12 bits per heavy atom. The van der Waals surface area contributed by atoms with Gasteiger partial charge in [0.1, 0.15) is 18.3 Å². The number of H-pyrrole nitrogens is 1. The van der Waals surface area contributed by atoms with Gasteiger partial charge in [-0.3, -0.25) is 9.59 Å². The number of benzene rings is 1. The average Bonchev–Trinajstić information content (AvgIpc) is 3.25. The van der Waals surface area contributed by atoms with Crippen LogP contribution in [0.2, 0.25) is 0 Å². The van der Waals surface area contributed by atoms with E-state index in [1.54, 1.807) is 22.1 Å². The minimum Gasteiger partial charge on any atom is -0.467 e. The maximum atomic E-state index is 13.0. The van der Waals surface area contributed by atoms with Gasteiger partial charge in [0.25, 0.3) is 0 Å². The smallest absolute Gasteiger partial charge is 0.246 e. The molecule has 4 heterocycles. The van der Waals surface area contributed by atoms with Crippen LogP contribution in [0.5, 0.6) is 0 Å². The highest BCUT2D eigenvalue weighted by Crippen LogP contribution is 2.32. The van der Waals surface area contributed by atoms with Gasteiger partial charge in [-0.25, -0.2) is 0 Å². The number of rotatable bonds is 2. The lowest BCUT2D eigenvalue weighted by atomic mass is 9.94. The van der Waals surface area contributed by atoms with Crippen molar-refractivity contribution < 1.29 is 14.0 Å². The molecule has 25 heavy (non-hydrogen) atoms. The second-order valence-electron chi connectivity index (χ2n) is 6.64. The number of aromatic amines is 1. The maximum absolute atomic E-state index is 13.0. The quantitative estimate of drug-likeness (QED) is 0.779. The van der Waals surface area contributed by atoms with Crippen LogP contribution in [0.15, 0.2) is 47.1 Å². The first-order valence-corrected chi connectivity index (χ1v) is 8.40. The summed E-state index contributed by atoms with van der Waals surface area (Å²) in [6.45, 7) is 0.905. The van der Waals surface area contributed by atoms with Gasteiger partial charge in [0.2, 0.25) is 11.8 Å². The summed E-state index contributed by atoms with van der Waals surface area (Å²) in [6.07, 6.45) is 2.13. The molecular weight excluding hydrogens is 318 g/mol. The van der Waals surface area contributed by atoms with Crippen LogP contribution in [0, 0.1) is 0 Å². The van der Waals surface area contributed by atoms with Crippen LogP contribution in [0.3, 0.4) is 0 Å². The SMILES string of the molecule is O=C1[C@H]2Cc3c([nH]c4ccccc34)CN2C(=O)CN1Cc1ccco1. The number of piperazine rings is 1. The lowest BCUT2D eigenvalue weighted by molar-refractivity contribution is -0.158. The molecule has 0 bridgehead atoms. The summed E-state index contributed by atoms with van der Waals surface area (Å²) in [7, 11) is 0. The Balaban J connectivity index is 1.49. The lowest BCUT2D eigenvalue weighted by Gasteiger charge is -2.42. The number of fused-ring (bicyclic) bond motifs is 4. The number of nitrogens with one attached hydrogen (secondary N) is 1. The molecule has 1 fully saturated rings. The molecule has 0 radical (unpaired) electrons. The van der Waals surface area contributed by atoms with E-state index in [2.05, 4.69) is 11.1 Å². The molecule has 0 spiro atoms. The van der Waals surface area contributed by atoms with Gasteiger partial charge >= 0.3 is 0 Å². The number of amides is 2. The van der Waals surface area contributed by atoms with Crippen LogP contribution in [0.4, 0.5) is 0 Å². The molecule has 2 aromatic heterocycles. The topological polar surface area (TPSA) is 69.6 Å². The van der Waals surface area contributed by atoms with E-state index in [-0.39, 0.29) is 18.4 Å². The fourth-order valence-corrected chi connectivity index (χ4v) is 3.96. The van der Waals surface area contributed by atoms with E-state index >= 15 is 0 Å². The first kappa shape index (κ1) is 14.3. The molecule has 0 unspecified atom stereocenters. The molecule has 2 aliphatic heterocycles. The fourth-order valence-electron chi connectivity index (χ4n) is 3.96. The second kappa shape index (κ2) is 5.24. The number of para-hydroxylation sites is 1. The highest BCUT2D eigenvalue weighted by Gasteiger charge is 2.43. The Morgan fingerprint density at radius 3 is 2.84 bits per heavy atom. The number of aromatic nitrogens is 1. The van der Waals surface area contributed by atoms with Crippen LogP contribution >= 0.6 is 0 Å². The minimum absolute atomic E-state index is 0.00747. The van der Waals surface area contributed by atoms with Gasteiger partial charge in [0.15, 0.2) is 0 Å². The molecule has 126 valence electrons. The minimum atomic E-state index is -0.428. The molecule has 3 aromatic rings. The summed E-state index contributed by atoms with van der Waals surface area (Å²) in [4.78, 5) is 32.3. The Kier molecular flexibility index (Phi) is 3.00. The van der Waals surface area contributed by atoms with Crippen molar-refractivity contribution in [2.24, 2.45) is 0 Å². The number of furan rings is 1. The largest absolute Gasteiger partial charge is 0.467 e. The zero-order chi connectivity index (χ0) is 17.0. The molecular formula is C19H17N3O3. The Hall–Kier alpha value is -3.02. The summed E-state index contributed by atoms with van der Waals surface area (Å²) < 4.78 is 5.33. The van der Waals surface area contributed by atoms with Crippen molar-refractivity contribution in [3.63, 3.8) is 0 Å². The van der Waals surface area contributed by atoms with Crippen LogP contribution in [-0.4, -0.2) is 39.2 Å². The molecule has 2 aliphatic rings. The predicted molar refractivity (Wildman–Crippen MR) is 90.5 cm³/mol. The standard InChI is InChI=1S/C19H17N3O3/c23-18-11-21(9-12-4-3-7-25-12)19(24)17-8-14-13-5-1-2-6-15(13)20-16(14)10-22(17)18/h1-7,17,20H,8-11H2/t17-/m1/s1. The van der Waals surface area contributed by atoms with E-state index in [0.717, 1.165) is 22.2 Å². The van der Waals surface area contributed by atoms with Crippen molar-refractivity contribution in [3.05, 3.63) is 59.7 Å². The van der Waals surface area contributed by atoms with Crippen molar-refractivity contribution in [1.29, 1.82) is 0 Å². The van der Waals surface area contributed by atoms with Crippen LogP contribution in [0.1, 0.15) is 17.0 Å². The van der Waals surface area contributed by atoms with Crippen molar-refractivity contribution >= 4 is 22.7 Å². The summed E-state index contributed by atoms with van der Waals surface area (Å²) in [5.41, 5.74) is 3.25. The fraction of sp³-hybridized carbons (Fsp3) is 0.263. The Bertz CT molecular complexity index is 973. The van der Waals surface area contributed by atoms with E-state index in [9.17, 15) is 9.59 Å². The first-order chi connectivity index (χ1) is 12.2. The van der Waals surface area contributed by atoms with Gasteiger partial charge in [0.05, 0.1) is 19.4 Å². The number of hydrogen-bond acceptors (Lipinski definition) is 3. The van der Waals surface area contributed by atoms with Crippen molar-refractivity contribution in [2.45, 2.75) is 25.6 Å². The van der Waals surface area contributed by atoms with Gasteiger partial charge < -0.3 is 19.2 Å². The lowest BCUT2D eigenvalue weighted by Crippen LogP contribution is -2.61. The van der Waals surface area contributed by atoms with E-state index < -0.39 is 6.04 Å². The third-order valence-corrected chi connectivity index (χ3v) is 5.17. The van der Waals surface area contributed by atoms with E-state index in [1.165, 1.54) is 0 Å². The normalized spacial score (nSPS) is 20.1. The highest BCUT2D eigenvalue weighted by atomic mass is 16.3.